The number of aryl methyl sites for hydroxylation is 1. The van der Waals surface area contributed by atoms with E-state index in [1.165, 1.54) is 0 Å². The number of carbonyl (C=O) groups is 2. The fourth-order valence-corrected chi connectivity index (χ4v) is 5.70. The van der Waals surface area contributed by atoms with Gasteiger partial charge in [-0.15, -0.1) is 11.3 Å². The normalized spacial score (nSPS) is 19.7. The molecule has 3 aromatic rings. The number of carbonyl (C=O) groups excluding carboxylic acids is 2. The number of aromatic nitrogens is 3. The quantitative estimate of drug-likeness (QED) is 0.597. The minimum Gasteiger partial charge on any atom is -0.352 e. The van der Waals surface area contributed by atoms with Crippen molar-refractivity contribution >= 4 is 50.5 Å². The summed E-state index contributed by atoms with van der Waals surface area (Å²) in [6, 6.07) is 1.98. The van der Waals surface area contributed by atoms with Crippen LogP contribution < -0.4 is 10.2 Å². The number of H-pyrrole nitrogens is 1. The first-order valence-electron chi connectivity index (χ1n) is 11.1. The number of nitrogens with one attached hydrogen (secondary N) is 2. The van der Waals surface area contributed by atoms with Crippen LogP contribution in [-0.4, -0.2) is 64.9 Å². The van der Waals surface area contributed by atoms with Gasteiger partial charge in [0.05, 0.1) is 16.8 Å². The van der Waals surface area contributed by atoms with Gasteiger partial charge in [-0.05, 0) is 44.2 Å². The number of thiophene rings is 1. The SMILES string of the molecule is CN1CCN(c2nc3c(c(C4=C(c5c[nH]c6sccc56)C(=O)NC4=O)n2)CCCC3)CC1. The third-order valence-corrected chi connectivity index (χ3v) is 7.54. The molecule has 0 radical (unpaired) electrons. The van der Waals surface area contributed by atoms with Crippen molar-refractivity contribution < 1.29 is 9.59 Å². The first-order valence-corrected chi connectivity index (χ1v) is 12.0. The molecule has 5 heterocycles. The van der Waals surface area contributed by atoms with Gasteiger partial charge in [0.1, 0.15) is 4.83 Å². The van der Waals surface area contributed by atoms with Gasteiger partial charge in [-0.1, -0.05) is 0 Å². The van der Waals surface area contributed by atoms with Gasteiger partial charge in [-0.2, -0.15) is 0 Å². The monoisotopic (exact) mass is 448 g/mol. The number of hydrogen-bond donors (Lipinski definition) is 2. The van der Waals surface area contributed by atoms with Crippen molar-refractivity contribution in [2.75, 3.05) is 38.1 Å². The second kappa shape index (κ2) is 7.53. The second-order valence-electron chi connectivity index (χ2n) is 8.69. The predicted octanol–water partition coefficient (Wildman–Crippen LogP) is 2.22. The molecule has 0 bridgehead atoms. The summed E-state index contributed by atoms with van der Waals surface area (Å²) in [5, 5.41) is 5.47. The maximum atomic E-state index is 13.1. The summed E-state index contributed by atoms with van der Waals surface area (Å²) in [5.41, 5.74) is 4.22. The van der Waals surface area contributed by atoms with Gasteiger partial charge in [-0.25, -0.2) is 9.97 Å². The molecule has 1 aliphatic carbocycles. The Balaban J connectivity index is 1.56. The summed E-state index contributed by atoms with van der Waals surface area (Å²) >= 11 is 1.58. The highest BCUT2D eigenvalue weighted by molar-refractivity contribution is 7.16. The molecule has 0 aromatic carbocycles. The van der Waals surface area contributed by atoms with Gasteiger partial charge >= 0.3 is 0 Å². The van der Waals surface area contributed by atoms with Crippen LogP contribution in [0.5, 0.6) is 0 Å². The van der Waals surface area contributed by atoms with Gasteiger partial charge in [-0.3, -0.25) is 14.9 Å². The molecule has 3 aromatic heterocycles. The van der Waals surface area contributed by atoms with E-state index in [1.54, 1.807) is 11.3 Å². The average molecular weight is 449 g/mol. The third-order valence-electron chi connectivity index (χ3n) is 6.70. The molecule has 2 N–H and O–H groups in total. The van der Waals surface area contributed by atoms with Crippen LogP contribution in [0.15, 0.2) is 17.6 Å². The molecular weight excluding hydrogens is 424 g/mol. The number of fused-ring (bicyclic) bond motifs is 2. The van der Waals surface area contributed by atoms with Crippen LogP contribution in [-0.2, 0) is 22.4 Å². The largest absolute Gasteiger partial charge is 0.352 e. The van der Waals surface area contributed by atoms with Crippen molar-refractivity contribution in [1.29, 1.82) is 0 Å². The maximum absolute atomic E-state index is 13.1. The molecule has 0 saturated carbocycles. The average Bonchev–Trinajstić information content (AvgIpc) is 3.48. The highest BCUT2D eigenvalue weighted by Gasteiger charge is 2.37. The Morgan fingerprint density at radius 2 is 1.78 bits per heavy atom. The number of anilines is 1. The Bertz CT molecular complexity index is 1280. The van der Waals surface area contributed by atoms with Gasteiger partial charge in [0.15, 0.2) is 0 Å². The molecule has 0 spiro atoms. The predicted molar refractivity (Wildman–Crippen MR) is 125 cm³/mol. The van der Waals surface area contributed by atoms with E-state index in [9.17, 15) is 9.59 Å². The zero-order valence-electron chi connectivity index (χ0n) is 17.9. The lowest BCUT2D eigenvalue weighted by molar-refractivity contribution is -0.122. The minimum absolute atomic E-state index is 0.360. The molecule has 164 valence electrons. The Morgan fingerprint density at radius 1 is 1.00 bits per heavy atom. The van der Waals surface area contributed by atoms with Crippen LogP contribution in [0.3, 0.4) is 0 Å². The van der Waals surface area contributed by atoms with Crippen molar-refractivity contribution in [2.24, 2.45) is 0 Å². The van der Waals surface area contributed by atoms with E-state index < -0.39 is 0 Å². The summed E-state index contributed by atoms with van der Waals surface area (Å²) in [5.74, 6) is -0.0608. The van der Waals surface area contributed by atoms with E-state index in [-0.39, 0.29) is 11.8 Å². The van der Waals surface area contributed by atoms with Crippen molar-refractivity contribution in [2.45, 2.75) is 25.7 Å². The first-order chi connectivity index (χ1) is 15.6. The molecule has 0 unspecified atom stereocenters. The van der Waals surface area contributed by atoms with E-state index in [0.717, 1.165) is 78.9 Å². The van der Waals surface area contributed by atoms with Gasteiger partial charge in [0.25, 0.3) is 11.8 Å². The van der Waals surface area contributed by atoms with E-state index >= 15 is 0 Å². The van der Waals surface area contributed by atoms with Crippen LogP contribution in [0, 0.1) is 0 Å². The lowest BCUT2D eigenvalue weighted by Crippen LogP contribution is -2.45. The summed E-state index contributed by atoms with van der Waals surface area (Å²) < 4.78 is 0. The van der Waals surface area contributed by atoms with Crippen LogP contribution in [0.25, 0.3) is 21.4 Å². The third kappa shape index (κ3) is 3.07. The van der Waals surface area contributed by atoms with E-state index in [4.69, 9.17) is 9.97 Å². The Kier molecular flexibility index (Phi) is 4.62. The topological polar surface area (TPSA) is 94.2 Å². The molecule has 1 saturated heterocycles. The Morgan fingerprint density at radius 3 is 2.62 bits per heavy atom. The van der Waals surface area contributed by atoms with Crippen molar-refractivity contribution in [1.82, 2.24) is 25.2 Å². The van der Waals surface area contributed by atoms with Gasteiger partial charge in [0, 0.05) is 54.6 Å². The molecule has 32 heavy (non-hydrogen) atoms. The number of piperazine rings is 1. The molecule has 2 amide bonds. The molecule has 6 rings (SSSR count). The zero-order valence-corrected chi connectivity index (χ0v) is 18.7. The maximum Gasteiger partial charge on any atom is 0.261 e. The summed E-state index contributed by atoms with van der Waals surface area (Å²) in [6.45, 7) is 3.59. The molecule has 3 aliphatic rings. The fraction of sp³-hybridized carbons (Fsp3) is 0.391. The lowest BCUT2D eigenvalue weighted by atomic mass is 9.90. The van der Waals surface area contributed by atoms with Crippen molar-refractivity contribution in [3.05, 3.63) is 40.2 Å². The molecule has 0 atom stereocenters. The number of hydrogen-bond acceptors (Lipinski definition) is 7. The lowest BCUT2D eigenvalue weighted by Gasteiger charge is -2.33. The smallest absolute Gasteiger partial charge is 0.261 e. The number of rotatable bonds is 3. The first kappa shape index (κ1) is 19.6. The van der Waals surface area contributed by atoms with Gasteiger partial charge < -0.3 is 14.8 Å². The zero-order chi connectivity index (χ0) is 21.8. The van der Waals surface area contributed by atoms with E-state index in [1.807, 2.05) is 17.6 Å². The number of nitrogens with zero attached hydrogens (tertiary/aromatic N) is 4. The summed E-state index contributed by atoms with van der Waals surface area (Å²) in [4.78, 5) is 44.6. The van der Waals surface area contributed by atoms with Gasteiger partial charge in [0.2, 0.25) is 5.95 Å². The van der Waals surface area contributed by atoms with E-state index in [0.29, 0.717) is 22.8 Å². The molecular formula is C23H24N6O2S. The number of likely N-dealkylation sites (N-methyl/N-ethyl adjacent to an activating group) is 1. The highest BCUT2D eigenvalue weighted by Crippen LogP contribution is 2.38. The summed E-state index contributed by atoms with van der Waals surface area (Å²) in [7, 11) is 2.12. The molecule has 2 aliphatic heterocycles. The van der Waals surface area contributed by atoms with Crippen molar-refractivity contribution in [3.8, 4) is 0 Å². The highest BCUT2D eigenvalue weighted by atomic mass is 32.1. The summed E-state index contributed by atoms with van der Waals surface area (Å²) in [6.07, 6.45) is 5.64. The number of imide groups is 1. The fourth-order valence-electron chi connectivity index (χ4n) is 4.93. The van der Waals surface area contributed by atoms with Crippen LogP contribution >= 0.6 is 11.3 Å². The second-order valence-corrected chi connectivity index (χ2v) is 9.61. The Labute approximate surface area is 189 Å². The molecule has 8 nitrogen and oxygen atoms in total. The number of amides is 2. The van der Waals surface area contributed by atoms with Crippen LogP contribution in [0.2, 0.25) is 0 Å². The molecule has 1 fully saturated rings. The minimum atomic E-state index is -0.370. The van der Waals surface area contributed by atoms with Crippen LogP contribution in [0.1, 0.15) is 35.4 Å². The standard InChI is InChI=1S/C23H24N6O2S/c1-28-7-9-29(10-8-28)23-25-16-5-3-2-4-14(16)19(26-23)18-17(20(30)27-21(18)31)15-12-24-22-13(15)6-11-32-22/h6,11-12,24H,2-5,7-10H2,1H3,(H,27,30,31). The Hall–Kier alpha value is -3.04. The molecule has 9 heteroatoms. The number of aromatic amines is 1. The van der Waals surface area contributed by atoms with Crippen molar-refractivity contribution in [3.63, 3.8) is 0 Å². The van der Waals surface area contributed by atoms with E-state index in [2.05, 4.69) is 27.1 Å². The van der Waals surface area contributed by atoms with Crippen LogP contribution in [0.4, 0.5) is 5.95 Å².